The van der Waals surface area contributed by atoms with E-state index in [-0.39, 0.29) is 5.91 Å². The molecule has 0 spiro atoms. The van der Waals surface area contributed by atoms with E-state index in [0.29, 0.717) is 13.0 Å². The van der Waals surface area contributed by atoms with Gasteiger partial charge in [-0.15, -0.1) is 11.3 Å². The zero-order valence-electron chi connectivity index (χ0n) is 10.7. The fourth-order valence-corrected chi connectivity index (χ4v) is 2.34. The number of rotatable bonds is 6. The number of pyridine rings is 1. The summed E-state index contributed by atoms with van der Waals surface area (Å²) in [6, 6.07) is 5.71. The zero-order valence-corrected chi connectivity index (χ0v) is 11.5. The van der Waals surface area contributed by atoms with Crippen LogP contribution in [0.25, 0.3) is 10.7 Å². The summed E-state index contributed by atoms with van der Waals surface area (Å²) < 4.78 is 0. The second-order valence-corrected chi connectivity index (χ2v) is 4.85. The summed E-state index contributed by atoms with van der Waals surface area (Å²) in [6.45, 7) is 1.40. The molecule has 0 aliphatic heterocycles. The average molecular weight is 276 g/mol. The number of thiazole rings is 1. The highest BCUT2D eigenvalue weighted by molar-refractivity contribution is 7.13. The minimum Gasteiger partial charge on any atom is -0.354 e. The van der Waals surface area contributed by atoms with Gasteiger partial charge < -0.3 is 10.6 Å². The van der Waals surface area contributed by atoms with Gasteiger partial charge in [-0.3, -0.25) is 9.78 Å². The summed E-state index contributed by atoms with van der Waals surface area (Å²) in [6.07, 6.45) is 2.05. The van der Waals surface area contributed by atoms with Crippen LogP contribution in [0.1, 0.15) is 5.69 Å². The van der Waals surface area contributed by atoms with E-state index >= 15 is 0 Å². The summed E-state index contributed by atoms with van der Waals surface area (Å²) >= 11 is 1.51. The molecule has 0 aliphatic carbocycles. The molecule has 5 nitrogen and oxygen atoms in total. The van der Waals surface area contributed by atoms with Crippen molar-refractivity contribution in [1.82, 2.24) is 20.6 Å². The SMILES string of the molecule is CNCCNC(=O)Cc1csc(-c2ccccn2)n1. The first-order valence-electron chi connectivity index (χ1n) is 6.06. The van der Waals surface area contributed by atoms with Gasteiger partial charge in [-0.1, -0.05) is 6.07 Å². The second kappa shape index (κ2) is 6.96. The molecule has 0 fully saturated rings. The highest BCUT2D eigenvalue weighted by atomic mass is 32.1. The second-order valence-electron chi connectivity index (χ2n) is 3.99. The number of hydrogen-bond donors (Lipinski definition) is 2. The minimum absolute atomic E-state index is 0.00637. The lowest BCUT2D eigenvalue weighted by Crippen LogP contribution is -2.31. The first kappa shape index (κ1) is 13.6. The molecule has 0 atom stereocenters. The number of amides is 1. The summed E-state index contributed by atoms with van der Waals surface area (Å²) in [5.74, 6) is -0.00637. The fourth-order valence-electron chi connectivity index (χ4n) is 1.55. The third kappa shape index (κ3) is 4.11. The molecule has 0 bridgehead atoms. The topological polar surface area (TPSA) is 66.9 Å². The van der Waals surface area contributed by atoms with Crippen molar-refractivity contribution in [2.24, 2.45) is 0 Å². The molecule has 0 saturated heterocycles. The van der Waals surface area contributed by atoms with E-state index in [1.54, 1.807) is 6.20 Å². The lowest BCUT2D eigenvalue weighted by Gasteiger charge is -2.02. The third-order valence-electron chi connectivity index (χ3n) is 2.47. The molecule has 0 radical (unpaired) electrons. The number of nitrogens with one attached hydrogen (secondary N) is 2. The fraction of sp³-hybridized carbons (Fsp3) is 0.308. The molecule has 2 rings (SSSR count). The molecule has 2 aromatic heterocycles. The highest BCUT2D eigenvalue weighted by Crippen LogP contribution is 2.21. The molecule has 2 heterocycles. The van der Waals surface area contributed by atoms with Crippen LogP contribution in [-0.2, 0) is 11.2 Å². The molecule has 2 aromatic rings. The van der Waals surface area contributed by atoms with Gasteiger partial charge in [0.05, 0.1) is 17.8 Å². The van der Waals surface area contributed by atoms with E-state index < -0.39 is 0 Å². The maximum atomic E-state index is 11.6. The molecule has 19 heavy (non-hydrogen) atoms. The molecular formula is C13H16N4OS. The van der Waals surface area contributed by atoms with E-state index in [2.05, 4.69) is 20.6 Å². The molecular weight excluding hydrogens is 260 g/mol. The van der Waals surface area contributed by atoms with Crippen LogP contribution in [0.15, 0.2) is 29.8 Å². The van der Waals surface area contributed by atoms with Crippen LogP contribution >= 0.6 is 11.3 Å². The van der Waals surface area contributed by atoms with Gasteiger partial charge in [0, 0.05) is 24.7 Å². The van der Waals surface area contributed by atoms with Crippen molar-refractivity contribution in [2.75, 3.05) is 20.1 Å². The Morgan fingerprint density at radius 3 is 3.00 bits per heavy atom. The van der Waals surface area contributed by atoms with E-state index in [4.69, 9.17) is 0 Å². The van der Waals surface area contributed by atoms with Crippen LogP contribution in [0.2, 0.25) is 0 Å². The maximum absolute atomic E-state index is 11.6. The van der Waals surface area contributed by atoms with Crippen LogP contribution < -0.4 is 10.6 Å². The van der Waals surface area contributed by atoms with Crippen LogP contribution in [0.3, 0.4) is 0 Å². The quantitative estimate of drug-likeness (QED) is 0.775. The molecule has 0 aliphatic rings. The predicted octanol–water partition coefficient (Wildman–Crippen LogP) is 1.08. The summed E-state index contributed by atoms with van der Waals surface area (Å²) in [7, 11) is 1.85. The van der Waals surface area contributed by atoms with Gasteiger partial charge in [-0.05, 0) is 19.2 Å². The van der Waals surface area contributed by atoms with Gasteiger partial charge in [0.2, 0.25) is 5.91 Å². The number of carbonyl (C=O) groups excluding carboxylic acids is 1. The lowest BCUT2D eigenvalue weighted by atomic mass is 10.3. The Morgan fingerprint density at radius 2 is 2.26 bits per heavy atom. The van der Waals surface area contributed by atoms with Gasteiger partial charge in [0.25, 0.3) is 0 Å². The van der Waals surface area contributed by atoms with Crippen molar-refractivity contribution in [3.63, 3.8) is 0 Å². The van der Waals surface area contributed by atoms with Crippen molar-refractivity contribution < 1.29 is 4.79 Å². The number of aromatic nitrogens is 2. The minimum atomic E-state index is -0.00637. The number of hydrogen-bond acceptors (Lipinski definition) is 5. The van der Waals surface area contributed by atoms with Crippen molar-refractivity contribution in [3.05, 3.63) is 35.5 Å². The lowest BCUT2D eigenvalue weighted by molar-refractivity contribution is -0.120. The Balaban J connectivity index is 1.93. The summed E-state index contributed by atoms with van der Waals surface area (Å²) in [4.78, 5) is 20.3. The predicted molar refractivity (Wildman–Crippen MR) is 76.0 cm³/mol. The summed E-state index contributed by atoms with van der Waals surface area (Å²) in [5, 5.41) is 8.56. The number of likely N-dealkylation sites (N-methyl/N-ethyl adjacent to an activating group) is 1. The van der Waals surface area contributed by atoms with Crippen LogP contribution in [0.5, 0.6) is 0 Å². The first-order valence-corrected chi connectivity index (χ1v) is 6.94. The van der Waals surface area contributed by atoms with E-state index in [0.717, 1.165) is 22.9 Å². The molecule has 1 amide bonds. The smallest absolute Gasteiger partial charge is 0.226 e. The molecule has 6 heteroatoms. The number of nitrogens with zero attached hydrogens (tertiary/aromatic N) is 2. The first-order chi connectivity index (χ1) is 9.29. The Morgan fingerprint density at radius 1 is 1.37 bits per heavy atom. The maximum Gasteiger partial charge on any atom is 0.226 e. The van der Waals surface area contributed by atoms with Gasteiger partial charge in [0.15, 0.2) is 0 Å². The van der Waals surface area contributed by atoms with E-state index in [1.807, 2.05) is 30.6 Å². The van der Waals surface area contributed by atoms with Gasteiger partial charge in [0.1, 0.15) is 5.01 Å². The highest BCUT2D eigenvalue weighted by Gasteiger charge is 2.08. The van der Waals surface area contributed by atoms with Gasteiger partial charge >= 0.3 is 0 Å². The monoisotopic (exact) mass is 276 g/mol. The Kier molecular flexibility index (Phi) is 5.00. The number of carbonyl (C=O) groups is 1. The molecule has 100 valence electrons. The standard InChI is InChI=1S/C13H16N4OS/c1-14-6-7-16-12(18)8-10-9-19-13(17-10)11-4-2-3-5-15-11/h2-5,9,14H,6-8H2,1H3,(H,16,18). The Bertz CT molecular complexity index is 526. The Labute approximate surface area is 116 Å². The van der Waals surface area contributed by atoms with Crippen molar-refractivity contribution >= 4 is 17.2 Å². The molecule has 0 aromatic carbocycles. The van der Waals surface area contributed by atoms with Gasteiger partial charge in [-0.25, -0.2) is 4.98 Å². The zero-order chi connectivity index (χ0) is 13.5. The Hall–Kier alpha value is -1.79. The van der Waals surface area contributed by atoms with Crippen LogP contribution in [0, 0.1) is 0 Å². The molecule has 2 N–H and O–H groups in total. The molecule has 0 saturated carbocycles. The van der Waals surface area contributed by atoms with Crippen molar-refractivity contribution in [3.8, 4) is 10.7 Å². The summed E-state index contributed by atoms with van der Waals surface area (Å²) in [5.41, 5.74) is 1.63. The third-order valence-corrected chi connectivity index (χ3v) is 3.39. The largest absolute Gasteiger partial charge is 0.354 e. The van der Waals surface area contributed by atoms with Crippen LogP contribution in [0.4, 0.5) is 0 Å². The normalized spacial score (nSPS) is 10.4. The van der Waals surface area contributed by atoms with E-state index in [1.165, 1.54) is 11.3 Å². The van der Waals surface area contributed by atoms with Crippen molar-refractivity contribution in [2.45, 2.75) is 6.42 Å². The van der Waals surface area contributed by atoms with Gasteiger partial charge in [-0.2, -0.15) is 0 Å². The molecule has 0 unspecified atom stereocenters. The van der Waals surface area contributed by atoms with E-state index in [9.17, 15) is 4.79 Å². The van der Waals surface area contributed by atoms with Crippen LogP contribution in [-0.4, -0.2) is 36.0 Å². The van der Waals surface area contributed by atoms with Crippen molar-refractivity contribution in [1.29, 1.82) is 0 Å². The average Bonchev–Trinajstić information content (AvgIpc) is 2.88.